The van der Waals surface area contributed by atoms with Crippen LogP contribution in [0.4, 0.5) is 0 Å². The van der Waals surface area contributed by atoms with E-state index < -0.39 is 20.7 Å². The molecule has 6 heteroatoms. The second kappa shape index (κ2) is 5.67. The summed E-state index contributed by atoms with van der Waals surface area (Å²) in [5, 5.41) is 0. The van der Waals surface area contributed by atoms with E-state index in [1.807, 2.05) is 0 Å². The number of nitrogens with two attached hydrogens (primary N) is 1. The van der Waals surface area contributed by atoms with Crippen LogP contribution in [0.3, 0.4) is 0 Å². The van der Waals surface area contributed by atoms with Gasteiger partial charge in [-0.3, -0.25) is 4.79 Å². The molecular formula is C12H23NO4S. The summed E-state index contributed by atoms with van der Waals surface area (Å²) in [5.41, 5.74) is 5.46. The largest absolute Gasteiger partial charge is 0.366 e. The number of ether oxygens (including phenoxy) is 1. The van der Waals surface area contributed by atoms with Crippen LogP contribution in [0.5, 0.6) is 0 Å². The Hall–Kier alpha value is -0.460. The fraction of sp³-hybridized carbons (Fsp3) is 0.917. The van der Waals surface area contributed by atoms with E-state index in [0.717, 1.165) is 6.42 Å². The molecule has 0 aromatic carbocycles. The number of hydrogen-bond acceptors (Lipinski definition) is 5. The maximum absolute atomic E-state index is 11.9. The molecule has 18 heavy (non-hydrogen) atoms. The molecule has 0 aromatic rings. The van der Waals surface area contributed by atoms with Gasteiger partial charge in [0, 0.05) is 13.0 Å². The van der Waals surface area contributed by atoms with Crippen LogP contribution < -0.4 is 5.73 Å². The predicted molar refractivity (Wildman–Crippen MR) is 70.1 cm³/mol. The van der Waals surface area contributed by atoms with E-state index in [4.69, 9.17) is 10.5 Å². The van der Waals surface area contributed by atoms with Crippen molar-refractivity contribution in [3.8, 4) is 0 Å². The minimum Gasteiger partial charge on any atom is -0.366 e. The maximum Gasteiger partial charge on any atom is 0.162 e. The normalized spacial score (nSPS) is 25.3. The van der Waals surface area contributed by atoms with Gasteiger partial charge in [-0.15, -0.1) is 0 Å². The monoisotopic (exact) mass is 277 g/mol. The molecule has 2 atom stereocenters. The zero-order valence-corrected chi connectivity index (χ0v) is 12.1. The van der Waals surface area contributed by atoms with Crippen molar-refractivity contribution in [3.05, 3.63) is 0 Å². The second-order valence-corrected chi connectivity index (χ2v) is 8.57. The minimum atomic E-state index is -3.24. The zero-order chi connectivity index (χ0) is 14.0. The minimum absolute atomic E-state index is 0.0293. The van der Waals surface area contributed by atoms with Gasteiger partial charge in [0.2, 0.25) is 0 Å². The number of hydrogen-bond donors (Lipinski definition) is 1. The Morgan fingerprint density at radius 1 is 1.33 bits per heavy atom. The standard InChI is InChI=1S/C12H23NO4S/c1-12(2,3)18(15,16)7-6-10(14)11-5-4-9(8-13)17-11/h9,11H,4-8,13H2,1-3H3. The maximum atomic E-state index is 11.9. The van der Waals surface area contributed by atoms with Gasteiger partial charge in [-0.1, -0.05) is 0 Å². The van der Waals surface area contributed by atoms with Gasteiger partial charge in [0.05, 0.1) is 16.6 Å². The van der Waals surface area contributed by atoms with Gasteiger partial charge >= 0.3 is 0 Å². The van der Waals surface area contributed by atoms with Crippen molar-refractivity contribution in [2.75, 3.05) is 12.3 Å². The number of ketones is 1. The Bertz CT molecular complexity index is 397. The van der Waals surface area contributed by atoms with Gasteiger partial charge in [-0.05, 0) is 33.6 Å². The van der Waals surface area contributed by atoms with Crippen LogP contribution in [0.25, 0.3) is 0 Å². The highest BCUT2D eigenvalue weighted by molar-refractivity contribution is 7.92. The first-order valence-electron chi connectivity index (χ1n) is 6.28. The highest BCUT2D eigenvalue weighted by Crippen LogP contribution is 2.22. The molecule has 1 saturated heterocycles. The lowest BCUT2D eigenvalue weighted by Crippen LogP contribution is -2.33. The third-order valence-corrected chi connectivity index (χ3v) is 5.89. The molecule has 2 unspecified atom stereocenters. The van der Waals surface area contributed by atoms with E-state index in [1.165, 1.54) is 0 Å². The summed E-state index contributed by atoms with van der Waals surface area (Å²) < 4.78 is 28.4. The van der Waals surface area contributed by atoms with Gasteiger partial charge in [-0.25, -0.2) is 8.42 Å². The van der Waals surface area contributed by atoms with Gasteiger partial charge in [0.25, 0.3) is 0 Å². The van der Waals surface area contributed by atoms with E-state index >= 15 is 0 Å². The smallest absolute Gasteiger partial charge is 0.162 e. The average Bonchev–Trinajstić information content (AvgIpc) is 2.73. The van der Waals surface area contributed by atoms with Crippen molar-refractivity contribution in [3.63, 3.8) is 0 Å². The molecule has 0 amide bonds. The topological polar surface area (TPSA) is 86.5 Å². The van der Waals surface area contributed by atoms with E-state index in [9.17, 15) is 13.2 Å². The Kier molecular flexibility index (Phi) is 4.91. The first-order chi connectivity index (χ1) is 8.17. The number of carbonyl (C=O) groups excluding carboxylic acids is 1. The summed E-state index contributed by atoms with van der Waals surface area (Å²) in [6.07, 6.45) is 0.934. The van der Waals surface area contributed by atoms with Gasteiger partial charge in [0.1, 0.15) is 6.10 Å². The molecule has 106 valence electrons. The van der Waals surface area contributed by atoms with Gasteiger partial charge in [0.15, 0.2) is 15.6 Å². The van der Waals surface area contributed by atoms with Crippen LogP contribution in [0.2, 0.25) is 0 Å². The molecule has 0 radical (unpaired) electrons. The molecule has 0 spiro atoms. The highest BCUT2D eigenvalue weighted by atomic mass is 32.2. The van der Waals surface area contributed by atoms with Gasteiger partial charge < -0.3 is 10.5 Å². The predicted octanol–water partition coefficient (Wildman–Crippen LogP) is 0.665. The van der Waals surface area contributed by atoms with E-state index in [-0.39, 0.29) is 24.1 Å². The van der Waals surface area contributed by atoms with Crippen LogP contribution in [-0.2, 0) is 19.4 Å². The van der Waals surface area contributed by atoms with Crippen molar-refractivity contribution < 1.29 is 17.9 Å². The quantitative estimate of drug-likeness (QED) is 0.798. The van der Waals surface area contributed by atoms with E-state index in [0.29, 0.717) is 13.0 Å². The van der Waals surface area contributed by atoms with Crippen LogP contribution >= 0.6 is 0 Å². The average molecular weight is 277 g/mol. The van der Waals surface area contributed by atoms with Crippen molar-refractivity contribution in [2.45, 2.75) is 57.0 Å². The lowest BCUT2D eigenvalue weighted by molar-refractivity contribution is -0.129. The molecule has 1 heterocycles. The second-order valence-electron chi connectivity index (χ2n) is 5.71. The Labute approximate surface area is 109 Å². The summed E-state index contributed by atoms with van der Waals surface area (Å²) in [7, 11) is -3.24. The third-order valence-electron chi connectivity index (χ3n) is 3.28. The fourth-order valence-corrected chi connectivity index (χ4v) is 2.90. The van der Waals surface area contributed by atoms with Crippen LogP contribution in [0, 0.1) is 0 Å². The summed E-state index contributed by atoms with van der Waals surface area (Å²) in [4.78, 5) is 11.9. The molecule has 5 nitrogen and oxygen atoms in total. The van der Waals surface area contributed by atoms with Crippen LogP contribution in [-0.4, -0.2) is 43.5 Å². The molecule has 1 aliphatic rings. The number of carbonyl (C=O) groups is 1. The van der Waals surface area contributed by atoms with E-state index in [1.54, 1.807) is 20.8 Å². The van der Waals surface area contributed by atoms with Crippen molar-refractivity contribution in [1.82, 2.24) is 0 Å². The van der Waals surface area contributed by atoms with Crippen LogP contribution in [0.1, 0.15) is 40.0 Å². The van der Waals surface area contributed by atoms with Crippen molar-refractivity contribution >= 4 is 15.6 Å². The molecule has 2 N–H and O–H groups in total. The molecule has 1 fully saturated rings. The first-order valence-corrected chi connectivity index (χ1v) is 7.93. The fourth-order valence-electron chi connectivity index (χ4n) is 1.82. The zero-order valence-electron chi connectivity index (χ0n) is 11.3. The summed E-state index contributed by atoms with van der Waals surface area (Å²) in [5.74, 6) is -0.235. The molecule has 1 aliphatic heterocycles. The summed E-state index contributed by atoms with van der Waals surface area (Å²) in [6.45, 7) is 5.33. The van der Waals surface area contributed by atoms with Crippen molar-refractivity contribution in [1.29, 1.82) is 0 Å². The third kappa shape index (κ3) is 3.76. The lowest BCUT2D eigenvalue weighted by atomic mass is 10.1. The van der Waals surface area contributed by atoms with E-state index in [2.05, 4.69) is 0 Å². The first kappa shape index (κ1) is 15.6. The Morgan fingerprint density at radius 2 is 1.94 bits per heavy atom. The molecule has 0 aromatic heterocycles. The SMILES string of the molecule is CC(C)(C)S(=O)(=O)CCC(=O)C1CCC(CN)O1. The molecule has 0 saturated carbocycles. The summed E-state index contributed by atoms with van der Waals surface area (Å²) >= 11 is 0. The highest BCUT2D eigenvalue weighted by Gasteiger charge is 2.33. The Morgan fingerprint density at radius 3 is 2.39 bits per heavy atom. The molecule has 1 rings (SSSR count). The number of Topliss-reactive ketones (excluding diaryl/α,β-unsaturated/α-hetero) is 1. The summed E-state index contributed by atoms with van der Waals surface area (Å²) in [6, 6.07) is 0. The number of sulfone groups is 1. The molecule has 0 aliphatic carbocycles. The molecular weight excluding hydrogens is 254 g/mol. The van der Waals surface area contributed by atoms with Crippen molar-refractivity contribution in [2.24, 2.45) is 5.73 Å². The number of rotatable bonds is 5. The molecule has 0 bridgehead atoms. The van der Waals surface area contributed by atoms with Gasteiger partial charge in [-0.2, -0.15) is 0 Å². The lowest BCUT2D eigenvalue weighted by Gasteiger charge is -2.19. The Balaban J connectivity index is 2.48. The van der Waals surface area contributed by atoms with Crippen LogP contribution in [0.15, 0.2) is 0 Å².